The largest absolute Gasteiger partial charge is 0.0502 e. The predicted octanol–water partition coefficient (Wildman–Crippen LogP) is 2.20. The van der Waals surface area contributed by atoms with Gasteiger partial charge in [0.15, 0.2) is 0 Å². The van der Waals surface area contributed by atoms with Gasteiger partial charge in [0.1, 0.15) is 0 Å². The van der Waals surface area contributed by atoms with Gasteiger partial charge in [0, 0.05) is 0 Å². The summed E-state index contributed by atoms with van der Waals surface area (Å²) in [5, 5.41) is 0. The van der Waals surface area contributed by atoms with Crippen molar-refractivity contribution in [1.82, 2.24) is 0 Å². The van der Waals surface area contributed by atoms with Crippen molar-refractivity contribution in [3.63, 3.8) is 0 Å². The van der Waals surface area contributed by atoms with E-state index >= 15 is 0 Å². The van der Waals surface area contributed by atoms with Crippen LogP contribution in [0.4, 0.5) is 0 Å². The number of hydrogen-bond donors (Lipinski definition) is 0. The molecule has 2 aliphatic carbocycles. The molecule has 0 spiro atoms. The third kappa shape index (κ3) is 0.490. The molecule has 0 unspecified atom stereocenters. The maximum Gasteiger partial charge on any atom is -0.0411 e. The van der Waals surface area contributed by atoms with Gasteiger partial charge in [-0.25, -0.2) is 0 Å². The van der Waals surface area contributed by atoms with Crippen LogP contribution in [0.3, 0.4) is 0 Å². The summed E-state index contributed by atoms with van der Waals surface area (Å²) in [6, 6.07) is 0. The summed E-state index contributed by atoms with van der Waals surface area (Å²) < 4.78 is 0. The molecule has 0 saturated heterocycles. The Bertz CT molecular complexity index is 58.1. The van der Waals surface area contributed by atoms with Crippen LogP contribution in [0.25, 0.3) is 0 Å². The summed E-state index contributed by atoms with van der Waals surface area (Å²) in [6.07, 6.45) is 7.82. The monoisotopic (exact) mass is 97.1 g/mol. The van der Waals surface area contributed by atoms with E-state index in [-0.39, 0.29) is 0 Å². The molecular weight excluding hydrogens is 85.1 g/mol. The minimum absolute atomic E-state index is 1.17. The Morgan fingerprint density at radius 3 is 1.29 bits per heavy atom. The summed E-state index contributed by atoms with van der Waals surface area (Å²) in [5.74, 6) is 2.34. The lowest BCUT2D eigenvalue weighted by molar-refractivity contribution is 0.480. The van der Waals surface area contributed by atoms with Crippen LogP contribution in [0, 0.1) is 11.8 Å². The molecular formula is C7H12. The van der Waals surface area contributed by atoms with Gasteiger partial charge in [-0.05, 0) is 18.3 Å². The van der Waals surface area contributed by atoms with E-state index in [0.717, 1.165) is 0 Å². The highest BCUT2D eigenvalue weighted by Gasteiger charge is 2.30. The standard InChI is InChI=1S/C7H12/c1-2-7-4-3-6(1)5-7/h6-7H,1-5H2/i5+1. The van der Waals surface area contributed by atoms with Crippen molar-refractivity contribution in [2.24, 2.45) is 11.8 Å². The van der Waals surface area contributed by atoms with E-state index in [9.17, 15) is 0 Å². The maximum absolute atomic E-state index is 1.58. The van der Waals surface area contributed by atoms with Crippen molar-refractivity contribution in [1.29, 1.82) is 0 Å². The molecule has 0 amide bonds. The zero-order valence-corrected chi connectivity index (χ0v) is 4.69. The van der Waals surface area contributed by atoms with Gasteiger partial charge >= 0.3 is 0 Å². The van der Waals surface area contributed by atoms with Crippen LogP contribution >= 0.6 is 0 Å². The quantitative estimate of drug-likeness (QED) is 0.406. The first-order valence-electron chi connectivity index (χ1n) is 3.45. The molecule has 0 N–H and O–H groups in total. The SMILES string of the molecule is C1CC2CCC1[13CH2]2. The molecule has 2 fully saturated rings. The van der Waals surface area contributed by atoms with Gasteiger partial charge in [0.05, 0.1) is 0 Å². The molecule has 0 radical (unpaired) electrons. The lowest BCUT2D eigenvalue weighted by Gasteiger charge is -2.05. The topological polar surface area (TPSA) is 0 Å². The summed E-state index contributed by atoms with van der Waals surface area (Å²) in [5.41, 5.74) is 0. The smallest absolute Gasteiger partial charge is 0.0411 e. The van der Waals surface area contributed by atoms with Crippen LogP contribution in [0.5, 0.6) is 0 Å². The fraction of sp³-hybridized carbons (Fsp3) is 1.00. The van der Waals surface area contributed by atoms with Gasteiger partial charge in [0.2, 0.25) is 0 Å². The molecule has 2 bridgehead atoms. The zero-order chi connectivity index (χ0) is 4.69. The van der Waals surface area contributed by atoms with Crippen molar-refractivity contribution in [2.45, 2.75) is 32.1 Å². The summed E-state index contributed by atoms with van der Waals surface area (Å²) in [4.78, 5) is 0. The van der Waals surface area contributed by atoms with E-state index in [1.165, 1.54) is 11.8 Å². The summed E-state index contributed by atoms with van der Waals surface area (Å²) in [7, 11) is 0. The van der Waals surface area contributed by atoms with Crippen LogP contribution in [-0.4, -0.2) is 0 Å². The Morgan fingerprint density at radius 2 is 1.14 bits per heavy atom. The van der Waals surface area contributed by atoms with Gasteiger partial charge in [-0.3, -0.25) is 0 Å². The van der Waals surface area contributed by atoms with Gasteiger partial charge in [-0.2, -0.15) is 0 Å². The third-order valence-electron chi connectivity index (χ3n) is 2.63. The maximum atomic E-state index is 1.58. The molecule has 7 heavy (non-hydrogen) atoms. The number of hydrogen-bond acceptors (Lipinski definition) is 0. The average Bonchev–Trinajstić information content (AvgIpc) is 2.22. The second-order valence-corrected chi connectivity index (χ2v) is 3.12. The number of rotatable bonds is 0. The molecule has 0 aromatic carbocycles. The molecule has 2 rings (SSSR count). The molecule has 0 atom stereocenters. The lowest BCUT2D eigenvalue weighted by Crippen LogP contribution is -1.90. The van der Waals surface area contributed by atoms with Crippen LogP contribution < -0.4 is 0 Å². The van der Waals surface area contributed by atoms with Crippen molar-refractivity contribution in [3.05, 3.63) is 0 Å². The Labute approximate surface area is 44.9 Å². The fourth-order valence-corrected chi connectivity index (χ4v) is 2.17. The highest BCUT2D eigenvalue weighted by molar-refractivity contribution is 4.82. The van der Waals surface area contributed by atoms with Crippen molar-refractivity contribution in [3.8, 4) is 0 Å². The second kappa shape index (κ2) is 1.24. The van der Waals surface area contributed by atoms with Gasteiger partial charge in [-0.15, -0.1) is 0 Å². The highest BCUT2D eigenvalue weighted by atomic mass is 14.6. The van der Waals surface area contributed by atoms with E-state index in [2.05, 4.69) is 0 Å². The molecule has 0 heterocycles. The predicted molar refractivity (Wildman–Crippen MR) is 30.1 cm³/mol. The van der Waals surface area contributed by atoms with Crippen LogP contribution in [-0.2, 0) is 0 Å². The molecule has 0 nitrogen and oxygen atoms in total. The minimum atomic E-state index is 1.17. The van der Waals surface area contributed by atoms with Crippen LogP contribution in [0.1, 0.15) is 32.1 Å². The summed E-state index contributed by atoms with van der Waals surface area (Å²) >= 11 is 0. The number of fused-ring (bicyclic) bond motifs is 2. The first-order chi connectivity index (χ1) is 3.45. The van der Waals surface area contributed by atoms with E-state index in [4.69, 9.17) is 0 Å². The fourth-order valence-electron chi connectivity index (χ4n) is 2.17. The van der Waals surface area contributed by atoms with Crippen molar-refractivity contribution < 1.29 is 0 Å². The van der Waals surface area contributed by atoms with Crippen molar-refractivity contribution in [2.75, 3.05) is 0 Å². The van der Waals surface area contributed by atoms with Gasteiger partial charge in [-0.1, -0.05) is 25.7 Å². The Morgan fingerprint density at radius 1 is 0.714 bits per heavy atom. The van der Waals surface area contributed by atoms with Gasteiger partial charge in [0.25, 0.3) is 0 Å². The van der Waals surface area contributed by atoms with Gasteiger partial charge < -0.3 is 0 Å². The Kier molecular flexibility index (Phi) is 0.697. The highest BCUT2D eigenvalue weighted by Crippen LogP contribution is 2.43. The zero-order valence-electron chi connectivity index (χ0n) is 4.69. The molecule has 0 aromatic rings. The molecule has 0 aliphatic heterocycles. The first kappa shape index (κ1) is 3.94. The third-order valence-corrected chi connectivity index (χ3v) is 2.63. The normalized spacial score (nSPS) is 48.0. The van der Waals surface area contributed by atoms with E-state index in [0.29, 0.717) is 0 Å². The van der Waals surface area contributed by atoms with Crippen LogP contribution in [0.2, 0.25) is 0 Å². The summed E-state index contributed by atoms with van der Waals surface area (Å²) in [6.45, 7) is 0. The molecule has 2 saturated carbocycles. The average molecular weight is 97.2 g/mol. The van der Waals surface area contributed by atoms with Crippen molar-refractivity contribution >= 4 is 0 Å². The van der Waals surface area contributed by atoms with E-state index < -0.39 is 0 Å². The van der Waals surface area contributed by atoms with E-state index in [1.54, 1.807) is 32.1 Å². The Hall–Kier alpha value is 0. The lowest BCUT2D eigenvalue weighted by atomic mass is 10.0. The van der Waals surface area contributed by atoms with E-state index in [1.807, 2.05) is 0 Å². The molecule has 0 aromatic heterocycles. The molecule has 0 heteroatoms. The minimum Gasteiger partial charge on any atom is -0.0502 e. The molecule has 40 valence electrons. The first-order valence-corrected chi connectivity index (χ1v) is 3.45. The second-order valence-electron chi connectivity index (χ2n) is 3.12. The molecule has 2 aliphatic rings. The Balaban J connectivity index is 2.12. The van der Waals surface area contributed by atoms with Crippen LogP contribution in [0.15, 0.2) is 0 Å².